The molecule has 0 saturated carbocycles. The Morgan fingerprint density at radius 3 is 2.33 bits per heavy atom. The van der Waals surface area contributed by atoms with E-state index in [4.69, 9.17) is 0 Å². The maximum absolute atomic E-state index is 12.2. The van der Waals surface area contributed by atoms with Crippen LogP contribution in [0.5, 0.6) is 0 Å². The van der Waals surface area contributed by atoms with Gasteiger partial charge in [-0.15, -0.1) is 10.2 Å². The summed E-state index contributed by atoms with van der Waals surface area (Å²) in [4.78, 5) is 0.356. The van der Waals surface area contributed by atoms with Gasteiger partial charge in [0.05, 0.1) is 10.6 Å². The van der Waals surface area contributed by atoms with E-state index in [2.05, 4.69) is 15.5 Å². The summed E-state index contributed by atoms with van der Waals surface area (Å²) in [6, 6.07) is 18.2. The highest BCUT2D eigenvalue weighted by molar-refractivity contribution is 8.02. The zero-order valence-corrected chi connectivity index (χ0v) is 15.1. The Morgan fingerprint density at radius 1 is 0.958 bits per heavy atom. The normalized spacial score (nSPS) is 11.3. The fraction of sp³-hybridized carbons (Fsp3) is 0.125. The quantitative estimate of drug-likeness (QED) is 0.631. The Balaban J connectivity index is 1.54. The van der Waals surface area contributed by atoms with Gasteiger partial charge in [-0.3, -0.25) is 0 Å². The minimum absolute atomic E-state index is 0.0721. The molecule has 3 aromatic rings. The average Bonchev–Trinajstić information content (AvgIpc) is 3.04. The van der Waals surface area contributed by atoms with E-state index in [9.17, 15) is 8.42 Å². The van der Waals surface area contributed by atoms with Crippen LogP contribution in [0, 0.1) is 0 Å². The molecule has 0 unspecified atom stereocenters. The first kappa shape index (κ1) is 16.9. The summed E-state index contributed by atoms with van der Waals surface area (Å²) in [7, 11) is -3.25. The summed E-state index contributed by atoms with van der Waals surface area (Å²) >= 11 is 2.81. The monoisotopic (exact) mass is 377 g/mol. The topological polar surface area (TPSA) is 72.0 Å². The van der Waals surface area contributed by atoms with Crippen LogP contribution >= 0.6 is 23.1 Å². The van der Waals surface area contributed by atoms with Crippen molar-refractivity contribution in [2.45, 2.75) is 9.24 Å². The van der Waals surface area contributed by atoms with E-state index in [0.717, 1.165) is 10.0 Å². The van der Waals surface area contributed by atoms with Crippen molar-refractivity contribution in [3.05, 3.63) is 60.7 Å². The van der Waals surface area contributed by atoms with E-state index in [1.165, 1.54) is 23.1 Å². The average molecular weight is 378 g/mol. The number of sulfone groups is 1. The third-order valence-electron chi connectivity index (χ3n) is 3.11. The Kier molecular flexibility index (Phi) is 5.49. The zero-order chi connectivity index (χ0) is 16.8. The number of hydrogen-bond acceptors (Lipinski definition) is 7. The van der Waals surface area contributed by atoms with Crippen molar-refractivity contribution in [2.24, 2.45) is 0 Å². The molecule has 1 N–H and O–H groups in total. The molecule has 0 radical (unpaired) electrons. The van der Waals surface area contributed by atoms with Crippen molar-refractivity contribution < 1.29 is 8.42 Å². The van der Waals surface area contributed by atoms with Crippen LogP contribution in [0.2, 0.25) is 0 Å². The Morgan fingerprint density at radius 2 is 1.62 bits per heavy atom. The van der Waals surface area contributed by atoms with Gasteiger partial charge in [-0.05, 0) is 24.3 Å². The smallest absolute Gasteiger partial charge is 0.210 e. The fourth-order valence-corrected chi connectivity index (χ4v) is 5.46. The number of thioether (sulfide) groups is 1. The second kappa shape index (κ2) is 7.78. The lowest BCUT2D eigenvalue weighted by Crippen LogP contribution is -2.08. The van der Waals surface area contributed by atoms with Gasteiger partial charge in [0.1, 0.15) is 0 Å². The van der Waals surface area contributed by atoms with Crippen molar-refractivity contribution >= 4 is 43.8 Å². The molecule has 1 aromatic heterocycles. The molecule has 0 aliphatic carbocycles. The fourth-order valence-electron chi connectivity index (χ4n) is 1.95. The molecule has 5 nitrogen and oxygen atoms in total. The molecule has 0 atom stereocenters. The van der Waals surface area contributed by atoms with E-state index in [0.29, 0.717) is 15.8 Å². The Bertz CT molecular complexity index is 881. The van der Waals surface area contributed by atoms with E-state index in [1.54, 1.807) is 30.3 Å². The van der Waals surface area contributed by atoms with Crippen LogP contribution in [-0.4, -0.2) is 30.1 Å². The second-order valence-corrected chi connectivity index (χ2v) is 9.27. The first-order chi connectivity index (χ1) is 11.6. The van der Waals surface area contributed by atoms with Gasteiger partial charge in [0, 0.05) is 11.4 Å². The molecule has 0 spiro atoms. The maximum Gasteiger partial charge on any atom is 0.210 e. The summed E-state index contributed by atoms with van der Waals surface area (Å²) in [6.07, 6.45) is 0. The predicted octanol–water partition coefficient (Wildman–Crippen LogP) is 3.85. The highest BCUT2D eigenvalue weighted by atomic mass is 32.2. The number of para-hydroxylation sites is 1. The standard InChI is InChI=1S/C16H15N3O2S3/c20-24(21,14-9-5-2-6-10-14)12-11-22-16-19-18-15(23-16)17-13-7-3-1-4-8-13/h1-10H,11-12H2,(H,17,18). The lowest BCUT2D eigenvalue weighted by Gasteiger charge is -2.02. The number of aromatic nitrogens is 2. The van der Waals surface area contributed by atoms with Gasteiger partial charge in [0.25, 0.3) is 0 Å². The number of rotatable bonds is 7. The second-order valence-electron chi connectivity index (χ2n) is 4.84. The van der Waals surface area contributed by atoms with Gasteiger partial charge >= 0.3 is 0 Å². The van der Waals surface area contributed by atoms with Crippen LogP contribution in [0.1, 0.15) is 0 Å². The lowest BCUT2D eigenvalue weighted by atomic mass is 10.3. The van der Waals surface area contributed by atoms with Crippen molar-refractivity contribution in [1.82, 2.24) is 10.2 Å². The third kappa shape index (κ3) is 4.56. The highest BCUT2D eigenvalue weighted by Crippen LogP contribution is 2.28. The summed E-state index contributed by atoms with van der Waals surface area (Å²) < 4.78 is 25.2. The van der Waals surface area contributed by atoms with Crippen LogP contribution in [0.3, 0.4) is 0 Å². The molecule has 0 aliphatic heterocycles. The molecule has 0 saturated heterocycles. The van der Waals surface area contributed by atoms with E-state index < -0.39 is 9.84 Å². The first-order valence-corrected chi connectivity index (χ1v) is 10.7. The predicted molar refractivity (Wildman–Crippen MR) is 98.9 cm³/mol. The summed E-state index contributed by atoms with van der Waals surface area (Å²) in [5.41, 5.74) is 0.942. The largest absolute Gasteiger partial charge is 0.330 e. The van der Waals surface area contributed by atoms with Gasteiger partial charge in [0.2, 0.25) is 5.13 Å². The number of nitrogens with one attached hydrogen (secondary N) is 1. The Labute approximate surface area is 149 Å². The highest BCUT2D eigenvalue weighted by Gasteiger charge is 2.14. The summed E-state index contributed by atoms with van der Waals surface area (Å²) in [5.74, 6) is 0.514. The molecule has 24 heavy (non-hydrogen) atoms. The van der Waals surface area contributed by atoms with Gasteiger partial charge in [-0.2, -0.15) is 0 Å². The minimum atomic E-state index is -3.25. The van der Waals surface area contributed by atoms with Crippen molar-refractivity contribution in [2.75, 3.05) is 16.8 Å². The number of nitrogens with zero attached hydrogens (tertiary/aromatic N) is 2. The molecule has 0 bridgehead atoms. The SMILES string of the molecule is O=S(=O)(CCSc1nnc(Nc2ccccc2)s1)c1ccccc1. The summed E-state index contributed by atoms with van der Waals surface area (Å²) in [5, 5.41) is 12.0. The molecule has 3 rings (SSSR count). The molecular formula is C16H15N3O2S3. The first-order valence-electron chi connectivity index (χ1n) is 7.20. The van der Waals surface area contributed by atoms with Gasteiger partial charge < -0.3 is 5.32 Å². The van der Waals surface area contributed by atoms with Crippen LogP contribution in [0.25, 0.3) is 0 Å². The molecule has 0 aliphatic rings. The molecule has 0 fully saturated rings. The molecule has 124 valence electrons. The van der Waals surface area contributed by atoms with E-state index in [-0.39, 0.29) is 5.75 Å². The number of hydrogen-bond donors (Lipinski definition) is 1. The zero-order valence-electron chi connectivity index (χ0n) is 12.6. The van der Waals surface area contributed by atoms with Gasteiger partial charge in [-0.1, -0.05) is 59.5 Å². The van der Waals surface area contributed by atoms with Crippen LogP contribution in [0.4, 0.5) is 10.8 Å². The van der Waals surface area contributed by atoms with E-state index in [1.807, 2.05) is 30.3 Å². The number of anilines is 2. The minimum Gasteiger partial charge on any atom is -0.330 e. The molecule has 0 amide bonds. The molecular weight excluding hydrogens is 362 g/mol. The van der Waals surface area contributed by atoms with Crippen LogP contribution < -0.4 is 5.32 Å². The van der Waals surface area contributed by atoms with Crippen LogP contribution in [0.15, 0.2) is 69.9 Å². The molecule has 1 heterocycles. The third-order valence-corrected chi connectivity index (χ3v) is 7.08. The van der Waals surface area contributed by atoms with Crippen molar-refractivity contribution in [3.8, 4) is 0 Å². The maximum atomic E-state index is 12.2. The molecule has 8 heteroatoms. The lowest BCUT2D eigenvalue weighted by molar-refractivity contribution is 0.597. The molecule has 2 aromatic carbocycles. The van der Waals surface area contributed by atoms with E-state index >= 15 is 0 Å². The van der Waals surface area contributed by atoms with Gasteiger partial charge in [-0.25, -0.2) is 8.42 Å². The summed E-state index contributed by atoms with van der Waals surface area (Å²) in [6.45, 7) is 0. The Hall–Kier alpha value is -1.90. The van der Waals surface area contributed by atoms with Crippen molar-refractivity contribution in [3.63, 3.8) is 0 Å². The van der Waals surface area contributed by atoms with Gasteiger partial charge in [0.15, 0.2) is 14.2 Å². The number of benzene rings is 2. The van der Waals surface area contributed by atoms with Crippen LogP contribution in [-0.2, 0) is 9.84 Å². The van der Waals surface area contributed by atoms with Crippen molar-refractivity contribution in [1.29, 1.82) is 0 Å².